The Morgan fingerprint density at radius 3 is 2.61 bits per heavy atom. The summed E-state index contributed by atoms with van der Waals surface area (Å²) in [4.78, 5) is 22.8. The summed E-state index contributed by atoms with van der Waals surface area (Å²) in [5, 5.41) is 2.80. The number of benzene rings is 1. The topological polar surface area (TPSA) is 55.4 Å². The monoisotopic (exact) mass is 249 g/mol. The molecule has 4 heteroatoms. The Bertz CT molecular complexity index is 441. The molecule has 0 saturated carbocycles. The molecule has 1 amide bonds. The van der Waals surface area contributed by atoms with Gasteiger partial charge in [-0.2, -0.15) is 0 Å². The lowest BCUT2D eigenvalue weighted by molar-refractivity contribution is -0.144. The number of esters is 1. The first-order chi connectivity index (χ1) is 8.54. The van der Waals surface area contributed by atoms with Crippen LogP contribution in [0.3, 0.4) is 0 Å². The summed E-state index contributed by atoms with van der Waals surface area (Å²) in [6, 6.07) is 5.73. The SMILES string of the molecule is CCOC(=O)CCC(=O)Nc1cccc(C)c1C. The van der Waals surface area contributed by atoms with Gasteiger partial charge in [0.2, 0.25) is 5.91 Å². The van der Waals surface area contributed by atoms with Crippen molar-refractivity contribution in [3.63, 3.8) is 0 Å². The van der Waals surface area contributed by atoms with Gasteiger partial charge in [0.25, 0.3) is 0 Å². The molecule has 0 saturated heterocycles. The number of hydrogen-bond acceptors (Lipinski definition) is 3. The normalized spacial score (nSPS) is 9.94. The summed E-state index contributed by atoms with van der Waals surface area (Å²) in [6.07, 6.45) is 0.261. The second-order valence-corrected chi connectivity index (χ2v) is 4.10. The van der Waals surface area contributed by atoms with Crippen LogP contribution in [0.15, 0.2) is 18.2 Å². The average molecular weight is 249 g/mol. The van der Waals surface area contributed by atoms with Crippen LogP contribution in [0.2, 0.25) is 0 Å². The van der Waals surface area contributed by atoms with E-state index in [1.165, 1.54) is 0 Å². The molecule has 98 valence electrons. The molecule has 0 aliphatic heterocycles. The smallest absolute Gasteiger partial charge is 0.306 e. The Balaban J connectivity index is 2.50. The maximum absolute atomic E-state index is 11.7. The molecule has 0 heterocycles. The minimum absolute atomic E-state index is 0.116. The largest absolute Gasteiger partial charge is 0.466 e. The predicted octanol–water partition coefficient (Wildman–Crippen LogP) is 2.59. The van der Waals surface area contributed by atoms with Gasteiger partial charge in [0.1, 0.15) is 0 Å². The molecular weight excluding hydrogens is 230 g/mol. The lowest BCUT2D eigenvalue weighted by Crippen LogP contribution is -2.15. The van der Waals surface area contributed by atoms with Crippen LogP contribution in [0.5, 0.6) is 0 Å². The Morgan fingerprint density at radius 1 is 1.22 bits per heavy atom. The van der Waals surface area contributed by atoms with Crippen molar-refractivity contribution in [3.8, 4) is 0 Å². The quantitative estimate of drug-likeness (QED) is 0.816. The summed E-state index contributed by atoms with van der Waals surface area (Å²) < 4.78 is 4.77. The summed E-state index contributed by atoms with van der Waals surface area (Å²) in [7, 11) is 0. The van der Waals surface area contributed by atoms with E-state index in [4.69, 9.17) is 4.74 Å². The first kappa shape index (κ1) is 14.2. The Morgan fingerprint density at radius 2 is 1.94 bits per heavy atom. The molecule has 1 aromatic carbocycles. The van der Waals surface area contributed by atoms with E-state index < -0.39 is 0 Å². The minimum Gasteiger partial charge on any atom is -0.466 e. The van der Waals surface area contributed by atoms with E-state index in [9.17, 15) is 9.59 Å². The van der Waals surface area contributed by atoms with Crippen LogP contribution in [0.4, 0.5) is 5.69 Å². The highest BCUT2D eigenvalue weighted by atomic mass is 16.5. The molecule has 1 rings (SSSR count). The second kappa shape index (κ2) is 6.79. The first-order valence-electron chi connectivity index (χ1n) is 6.06. The van der Waals surface area contributed by atoms with E-state index in [-0.39, 0.29) is 24.7 Å². The van der Waals surface area contributed by atoms with Gasteiger partial charge in [-0.05, 0) is 38.0 Å². The van der Waals surface area contributed by atoms with Gasteiger partial charge in [-0.1, -0.05) is 12.1 Å². The van der Waals surface area contributed by atoms with E-state index in [0.29, 0.717) is 6.61 Å². The molecular formula is C14H19NO3. The average Bonchev–Trinajstić information content (AvgIpc) is 2.33. The molecule has 4 nitrogen and oxygen atoms in total. The molecule has 0 aliphatic rings. The van der Waals surface area contributed by atoms with Crippen molar-refractivity contribution >= 4 is 17.6 Å². The van der Waals surface area contributed by atoms with Gasteiger partial charge in [0, 0.05) is 12.1 Å². The molecule has 1 aromatic rings. The molecule has 0 aromatic heterocycles. The third kappa shape index (κ3) is 4.20. The van der Waals surface area contributed by atoms with Gasteiger partial charge in [-0.15, -0.1) is 0 Å². The van der Waals surface area contributed by atoms with Crippen LogP contribution in [0, 0.1) is 13.8 Å². The second-order valence-electron chi connectivity index (χ2n) is 4.10. The number of anilines is 1. The highest BCUT2D eigenvalue weighted by Crippen LogP contribution is 2.18. The fourth-order valence-corrected chi connectivity index (χ4v) is 1.55. The number of hydrogen-bond donors (Lipinski definition) is 1. The molecule has 0 atom stereocenters. The number of carbonyl (C=O) groups excluding carboxylic acids is 2. The van der Waals surface area contributed by atoms with Crippen LogP contribution in [-0.2, 0) is 14.3 Å². The summed E-state index contributed by atoms with van der Waals surface area (Å²) in [6.45, 7) is 6.03. The van der Waals surface area contributed by atoms with Crippen molar-refractivity contribution in [2.24, 2.45) is 0 Å². The standard InChI is InChI=1S/C14H19NO3/c1-4-18-14(17)9-8-13(16)15-12-7-5-6-10(2)11(12)3/h5-7H,4,8-9H2,1-3H3,(H,15,16). The molecule has 18 heavy (non-hydrogen) atoms. The third-order valence-corrected chi connectivity index (χ3v) is 2.74. The molecule has 1 N–H and O–H groups in total. The van der Waals surface area contributed by atoms with E-state index in [2.05, 4.69) is 5.32 Å². The number of nitrogens with one attached hydrogen (secondary N) is 1. The van der Waals surface area contributed by atoms with E-state index >= 15 is 0 Å². The van der Waals surface area contributed by atoms with Gasteiger partial charge in [0.05, 0.1) is 13.0 Å². The van der Waals surface area contributed by atoms with Crippen LogP contribution < -0.4 is 5.32 Å². The van der Waals surface area contributed by atoms with Gasteiger partial charge in [0.15, 0.2) is 0 Å². The van der Waals surface area contributed by atoms with Crippen molar-refractivity contribution in [1.29, 1.82) is 0 Å². The Kier molecular flexibility index (Phi) is 5.36. The number of aryl methyl sites for hydroxylation is 1. The summed E-state index contributed by atoms with van der Waals surface area (Å²) in [5.41, 5.74) is 2.96. The number of amides is 1. The number of carbonyl (C=O) groups is 2. The lowest BCUT2D eigenvalue weighted by atomic mass is 10.1. The van der Waals surface area contributed by atoms with Crippen molar-refractivity contribution in [1.82, 2.24) is 0 Å². The highest BCUT2D eigenvalue weighted by Gasteiger charge is 2.09. The van der Waals surface area contributed by atoms with Gasteiger partial charge >= 0.3 is 5.97 Å². The van der Waals surface area contributed by atoms with E-state index in [1.807, 2.05) is 32.0 Å². The summed E-state index contributed by atoms with van der Waals surface area (Å²) in [5.74, 6) is -0.509. The zero-order valence-corrected chi connectivity index (χ0v) is 11.1. The zero-order valence-electron chi connectivity index (χ0n) is 11.1. The fourth-order valence-electron chi connectivity index (χ4n) is 1.55. The molecule has 0 aliphatic carbocycles. The number of ether oxygens (including phenoxy) is 1. The van der Waals surface area contributed by atoms with Gasteiger partial charge in [-0.3, -0.25) is 9.59 Å². The Hall–Kier alpha value is -1.84. The van der Waals surface area contributed by atoms with Crippen LogP contribution in [0.25, 0.3) is 0 Å². The molecule has 0 radical (unpaired) electrons. The molecule has 0 spiro atoms. The maximum atomic E-state index is 11.7. The molecule has 0 fully saturated rings. The van der Waals surface area contributed by atoms with E-state index in [0.717, 1.165) is 16.8 Å². The first-order valence-corrected chi connectivity index (χ1v) is 6.06. The Labute approximate surface area is 107 Å². The minimum atomic E-state index is -0.339. The van der Waals surface area contributed by atoms with Crippen LogP contribution >= 0.6 is 0 Å². The van der Waals surface area contributed by atoms with Gasteiger partial charge < -0.3 is 10.1 Å². The van der Waals surface area contributed by atoms with E-state index in [1.54, 1.807) is 6.92 Å². The summed E-state index contributed by atoms with van der Waals surface area (Å²) >= 11 is 0. The van der Waals surface area contributed by atoms with Crippen LogP contribution in [0.1, 0.15) is 30.9 Å². The van der Waals surface area contributed by atoms with Crippen molar-refractivity contribution < 1.29 is 14.3 Å². The molecule has 0 bridgehead atoms. The van der Waals surface area contributed by atoms with Gasteiger partial charge in [-0.25, -0.2) is 0 Å². The van der Waals surface area contributed by atoms with Crippen molar-refractivity contribution in [3.05, 3.63) is 29.3 Å². The zero-order chi connectivity index (χ0) is 13.5. The van der Waals surface area contributed by atoms with Crippen molar-refractivity contribution in [2.45, 2.75) is 33.6 Å². The predicted molar refractivity (Wildman–Crippen MR) is 70.4 cm³/mol. The highest BCUT2D eigenvalue weighted by molar-refractivity contribution is 5.93. The number of rotatable bonds is 5. The third-order valence-electron chi connectivity index (χ3n) is 2.74. The fraction of sp³-hybridized carbons (Fsp3) is 0.429. The molecule has 0 unspecified atom stereocenters. The van der Waals surface area contributed by atoms with Crippen LogP contribution in [-0.4, -0.2) is 18.5 Å². The maximum Gasteiger partial charge on any atom is 0.306 e. The lowest BCUT2D eigenvalue weighted by Gasteiger charge is -2.10. The van der Waals surface area contributed by atoms with Crippen molar-refractivity contribution in [2.75, 3.05) is 11.9 Å².